The van der Waals surface area contributed by atoms with Gasteiger partial charge in [0.2, 0.25) is 5.91 Å². The number of hydrogen-bond acceptors (Lipinski definition) is 3. The van der Waals surface area contributed by atoms with E-state index in [1.165, 1.54) is 0 Å². The van der Waals surface area contributed by atoms with Crippen LogP contribution < -0.4 is 10.1 Å². The van der Waals surface area contributed by atoms with Crippen LogP contribution in [0, 0.1) is 13.8 Å². The second kappa shape index (κ2) is 10.8. The number of amides is 2. The van der Waals surface area contributed by atoms with E-state index in [0.29, 0.717) is 18.7 Å². The second-order valence-corrected chi connectivity index (χ2v) is 9.73. The summed E-state index contributed by atoms with van der Waals surface area (Å²) in [5.41, 5.74) is 2.74. The Kier molecular flexibility index (Phi) is 8.69. The number of hydrogen-bond donors (Lipinski definition) is 1. The number of ether oxygens (including phenoxy) is 1. The molecule has 0 bridgehead atoms. The van der Waals surface area contributed by atoms with Gasteiger partial charge in [-0.2, -0.15) is 0 Å². The summed E-state index contributed by atoms with van der Waals surface area (Å²) in [6.07, 6.45) is 0.511. The Morgan fingerprint density at radius 1 is 1.13 bits per heavy atom. The van der Waals surface area contributed by atoms with Crippen LogP contribution in [0.25, 0.3) is 0 Å². The average molecular weight is 489 g/mol. The highest BCUT2D eigenvalue weighted by molar-refractivity contribution is 9.10. The van der Waals surface area contributed by atoms with Crippen LogP contribution in [0.2, 0.25) is 0 Å². The van der Waals surface area contributed by atoms with E-state index in [2.05, 4.69) is 21.2 Å². The molecule has 2 amide bonds. The monoisotopic (exact) mass is 488 g/mol. The fourth-order valence-corrected chi connectivity index (χ4v) is 3.56. The lowest BCUT2D eigenvalue weighted by molar-refractivity contribution is -0.143. The van der Waals surface area contributed by atoms with Crippen LogP contribution in [0.3, 0.4) is 0 Å². The summed E-state index contributed by atoms with van der Waals surface area (Å²) in [5.74, 6) is 0.241. The molecule has 0 aliphatic heterocycles. The van der Waals surface area contributed by atoms with Gasteiger partial charge >= 0.3 is 0 Å². The van der Waals surface area contributed by atoms with Crippen LogP contribution in [0.15, 0.2) is 46.9 Å². The summed E-state index contributed by atoms with van der Waals surface area (Å²) in [4.78, 5) is 27.9. The van der Waals surface area contributed by atoms with Crippen LogP contribution in [0.4, 0.5) is 0 Å². The molecule has 0 unspecified atom stereocenters. The maximum absolute atomic E-state index is 13.2. The van der Waals surface area contributed by atoms with Gasteiger partial charge in [0, 0.05) is 16.6 Å². The van der Waals surface area contributed by atoms with Gasteiger partial charge in [-0.3, -0.25) is 9.59 Å². The number of halogens is 1. The zero-order valence-electron chi connectivity index (χ0n) is 19.3. The number of nitrogens with zero attached hydrogens (tertiary/aromatic N) is 1. The molecule has 0 spiro atoms. The first-order chi connectivity index (χ1) is 14.5. The highest BCUT2D eigenvalue weighted by Gasteiger charge is 2.30. The molecule has 1 atom stereocenters. The summed E-state index contributed by atoms with van der Waals surface area (Å²) in [5, 5.41) is 3.01. The lowest BCUT2D eigenvalue weighted by atomic mass is 10.1. The first-order valence-electron chi connectivity index (χ1n) is 10.6. The Balaban J connectivity index is 2.24. The molecule has 0 aliphatic carbocycles. The van der Waals surface area contributed by atoms with Gasteiger partial charge in [0.25, 0.3) is 5.91 Å². The molecule has 2 aromatic carbocycles. The topological polar surface area (TPSA) is 58.6 Å². The largest absolute Gasteiger partial charge is 0.484 e. The van der Waals surface area contributed by atoms with Crippen LogP contribution in [0.5, 0.6) is 5.75 Å². The van der Waals surface area contributed by atoms with Crippen molar-refractivity contribution in [1.29, 1.82) is 0 Å². The van der Waals surface area contributed by atoms with E-state index in [-0.39, 0.29) is 24.0 Å². The maximum atomic E-state index is 13.2. The molecule has 168 valence electrons. The van der Waals surface area contributed by atoms with Crippen LogP contribution >= 0.6 is 15.9 Å². The van der Waals surface area contributed by atoms with E-state index in [4.69, 9.17) is 4.74 Å². The Hall–Kier alpha value is -2.34. The summed E-state index contributed by atoms with van der Waals surface area (Å²) in [6, 6.07) is 13.0. The van der Waals surface area contributed by atoms with Crippen molar-refractivity contribution in [2.75, 3.05) is 6.61 Å². The Labute approximate surface area is 194 Å². The Morgan fingerprint density at radius 3 is 2.42 bits per heavy atom. The number of nitrogens with one attached hydrogen (secondary N) is 1. The molecular weight excluding hydrogens is 456 g/mol. The standard InChI is InChI=1S/C25H33BrN2O3/c1-7-22(24(30)27-25(4,5)6)28(15-19-10-8-9-17(2)13-19)23(29)16-31-20-11-12-21(26)18(3)14-20/h8-14,22H,7,15-16H2,1-6H3,(H,27,30)/t22-/m0/s1. The molecule has 0 aliphatic rings. The Morgan fingerprint density at radius 2 is 1.84 bits per heavy atom. The minimum absolute atomic E-state index is 0.133. The SMILES string of the molecule is CC[C@@H](C(=O)NC(C)(C)C)N(Cc1cccc(C)c1)C(=O)COc1ccc(Br)c(C)c1. The summed E-state index contributed by atoms with van der Waals surface area (Å²) in [7, 11) is 0. The molecule has 31 heavy (non-hydrogen) atoms. The van der Waals surface area contributed by atoms with Gasteiger partial charge in [0.1, 0.15) is 11.8 Å². The quantitative estimate of drug-likeness (QED) is 0.557. The van der Waals surface area contributed by atoms with Gasteiger partial charge in [0.05, 0.1) is 0 Å². The number of carbonyl (C=O) groups is 2. The van der Waals surface area contributed by atoms with Gasteiger partial charge in [-0.1, -0.05) is 52.7 Å². The molecule has 2 aromatic rings. The van der Waals surface area contributed by atoms with Crippen LogP contribution in [-0.2, 0) is 16.1 Å². The van der Waals surface area contributed by atoms with E-state index in [0.717, 1.165) is 21.2 Å². The molecule has 2 rings (SSSR count). The predicted octanol–water partition coefficient (Wildman–Crippen LogP) is 5.17. The molecule has 6 heteroatoms. The van der Waals surface area contributed by atoms with Crippen molar-refractivity contribution in [2.45, 2.75) is 66.1 Å². The van der Waals surface area contributed by atoms with Crippen LogP contribution in [-0.4, -0.2) is 34.9 Å². The minimum Gasteiger partial charge on any atom is -0.484 e. The van der Waals surface area contributed by atoms with Gasteiger partial charge in [-0.25, -0.2) is 0 Å². The smallest absolute Gasteiger partial charge is 0.261 e. The fraction of sp³-hybridized carbons (Fsp3) is 0.440. The lowest BCUT2D eigenvalue weighted by Gasteiger charge is -2.33. The molecule has 0 saturated carbocycles. The molecule has 0 saturated heterocycles. The third kappa shape index (κ3) is 7.69. The van der Waals surface area contributed by atoms with Gasteiger partial charge in [0.15, 0.2) is 6.61 Å². The molecule has 5 nitrogen and oxygen atoms in total. The number of carbonyl (C=O) groups excluding carboxylic acids is 2. The second-order valence-electron chi connectivity index (χ2n) is 8.87. The van der Waals surface area contributed by atoms with E-state index in [1.54, 1.807) is 4.90 Å². The van der Waals surface area contributed by atoms with Crippen molar-refractivity contribution in [3.63, 3.8) is 0 Å². The first kappa shape index (κ1) is 24.9. The molecular formula is C25H33BrN2O3. The molecule has 0 fully saturated rings. The summed E-state index contributed by atoms with van der Waals surface area (Å²) >= 11 is 3.47. The lowest BCUT2D eigenvalue weighted by Crippen LogP contribution is -2.54. The van der Waals surface area contributed by atoms with Crippen molar-refractivity contribution < 1.29 is 14.3 Å². The van der Waals surface area contributed by atoms with Crippen molar-refractivity contribution in [2.24, 2.45) is 0 Å². The third-order valence-corrected chi connectivity index (χ3v) is 5.70. The van der Waals surface area contributed by atoms with E-state index >= 15 is 0 Å². The normalized spacial score (nSPS) is 12.2. The predicted molar refractivity (Wildman–Crippen MR) is 128 cm³/mol. The zero-order chi connectivity index (χ0) is 23.2. The maximum Gasteiger partial charge on any atom is 0.261 e. The van der Waals surface area contributed by atoms with Gasteiger partial charge < -0.3 is 15.0 Å². The molecule has 0 aromatic heterocycles. The summed E-state index contributed by atoms with van der Waals surface area (Å²) in [6.45, 7) is 11.9. The fourth-order valence-electron chi connectivity index (χ4n) is 3.31. The van der Waals surface area contributed by atoms with Crippen molar-refractivity contribution in [3.8, 4) is 5.75 Å². The number of benzene rings is 2. The highest BCUT2D eigenvalue weighted by Crippen LogP contribution is 2.22. The van der Waals surface area contributed by atoms with Gasteiger partial charge in [-0.15, -0.1) is 0 Å². The summed E-state index contributed by atoms with van der Waals surface area (Å²) < 4.78 is 6.76. The Bertz CT molecular complexity index is 921. The van der Waals surface area contributed by atoms with E-state index in [9.17, 15) is 9.59 Å². The van der Waals surface area contributed by atoms with E-state index < -0.39 is 6.04 Å². The van der Waals surface area contributed by atoms with Gasteiger partial charge in [-0.05, 0) is 70.4 Å². The molecule has 1 N–H and O–H groups in total. The first-order valence-corrected chi connectivity index (χ1v) is 11.4. The number of aryl methyl sites for hydroxylation is 2. The molecule has 0 heterocycles. The van der Waals surface area contributed by atoms with Crippen molar-refractivity contribution in [3.05, 3.63) is 63.6 Å². The third-order valence-electron chi connectivity index (χ3n) is 4.81. The zero-order valence-corrected chi connectivity index (χ0v) is 20.9. The van der Waals surface area contributed by atoms with E-state index in [1.807, 2.05) is 84.0 Å². The van der Waals surface area contributed by atoms with Crippen molar-refractivity contribution >= 4 is 27.7 Å². The average Bonchev–Trinajstić information content (AvgIpc) is 2.67. The number of rotatable bonds is 8. The van der Waals surface area contributed by atoms with Crippen molar-refractivity contribution in [1.82, 2.24) is 10.2 Å². The highest BCUT2D eigenvalue weighted by atomic mass is 79.9. The molecule has 0 radical (unpaired) electrons. The van der Waals surface area contributed by atoms with Crippen LogP contribution in [0.1, 0.15) is 50.8 Å². The minimum atomic E-state index is -0.581.